The molecular formula is C29H18N4. The first-order chi connectivity index (χ1) is 16.4. The van der Waals surface area contributed by atoms with Gasteiger partial charge in [0.25, 0.3) is 0 Å². The fraction of sp³-hybridized carbons (Fsp3) is 0. The van der Waals surface area contributed by atoms with Gasteiger partial charge in [0.05, 0.1) is 22.4 Å². The first kappa shape index (κ1) is 18.0. The highest BCUT2D eigenvalue weighted by Gasteiger charge is 2.19. The summed E-state index contributed by atoms with van der Waals surface area (Å²) in [4.78, 5) is 15.5. The summed E-state index contributed by atoms with van der Waals surface area (Å²) in [5.41, 5.74) is 8.40. The van der Waals surface area contributed by atoms with E-state index in [2.05, 4.69) is 59.0 Å². The molecule has 3 heterocycles. The van der Waals surface area contributed by atoms with Crippen molar-refractivity contribution in [1.29, 1.82) is 0 Å². The lowest BCUT2D eigenvalue weighted by molar-refractivity contribution is 1.20. The molecule has 0 saturated carbocycles. The quantitative estimate of drug-likeness (QED) is 0.284. The van der Waals surface area contributed by atoms with E-state index < -0.39 is 0 Å². The molecule has 0 radical (unpaired) electrons. The Morgan fingerprint density at radius 2 is 1.03 bits per heavy atom. The average Bonchev–Trinajstić information content (AvgIpc) is 3.29. The van der Waals surface area contributed by atoms with Gasteiger partial charge in [0, 0.05) is 21.9 Å². The first-order valence-electron chi connectivity index (χ1n) is 11.0. The summed E-state index contributed by atoms with van der Waals surface area (Å²) in [6.45, 7) is 0. The average molecular weight is 422 g/mol. The number of pyridine rings is 1. The monoisotopic (exact) mass is 422 g/mol. The summed E-state index contributed by atoms with van der Waals surface area (Å²) >= 11 is 0. The topological polar surface area (TPSA) is 43.1 Å². The maximum atomic E-state index is 5.28. The van der Waals surface area contributed by atoms with Gasteiger partial charge in [0.1, 0.15) is 11.2 Å². The molecule has 0 unspecified atom stereocenters. The van der Waals surface area contributed by atoms with E-state index in [4.69, 9.17) is 15.0 Å². The number of benzene rings is 4. The molecule has 4 aromatic carbocycles. The summed E-state index contributed by atoms with van der Waals surface area (Å²) in [6, 6.07) is 37.1. The van der Waals surface area contributed by atoms with E-state index in [1.807, 2.05) is 54.6 Å². The smallest absolute Gasteiger partial charge is 0.166 e. The van der Waals surface area contributed by atoms with Crippen molar-refractivity contribution in [3.8, 4) is 22.5 Å². The molecule has 0 aliphatic carbocycles. The van der Waals surface area contributed by atoms with Crippen LogP contribution < -0.4 is 0 Å². The van der Waals surface area contributed by atoms with Gasteiger partial charge in [-0.15, -0.1) is 0 Å². The number of nitrogens with zero attached hydrogens (tertiary/aromatic N) is 4. The van der Waals surface area contributed by atoms with Crippen molar-refractivity contribution in [1.82, 2.24) is 19.4 Å². The predicted molar refractivity (Wildman–Crippen MR) is 134 cm³/mol. The Morgan fingerprint density at radius 3 is 1.76 bits per heavy atom. The maximum absolute atomic E-state index is 5.28. The van der Waals surface area contributed by atoms with Crippen molar-refractivity contribution in [3.63, 3.8) is 0 Å². The lowest BCUT2D eigenvalue weighted by Crippen LogP contribution is -2.01. The van der Waals surface area contributed by atoms with Crippen LogP contribution in [0.3, 0.4) is 0 Å². The number of imidazole rings is 1. The Balaban J connectivity index is 1.74. The molecule has 7 rings (SSSR count). The number of hydrogen-bond donors (Lipinski definition) is 0. The Morgan fingerprint density at radius 1 is 0.455 bits per heavy atom. The molecule has 0 saturated heterocycles. The molecule has 0 N–H and O–H groups in total. The largest absolute Gasteiger partial charge is 0.274 e. The van der Waals surface area contributed by atoms with Crippen LogP contribution in [0.4, 0.5) is 0 Å². The van der Waals surface area contributed by atoms with E-state index in [9.17, 15) is 0 Å². The summed E-state index contributed by atoms with van der Waals surface area (Å²) in [7, 11) is 0. The molecule has 0 bridgehead atoms. The van der Waals surface area contributed by atoms with Crippen molar-refractivity contribution in [3.05, 3.63) is 109 Å². The first-order valence-corrected chi connectivity index (χ1v) is 11.0. The Kier molecular flexibility index (Phi) is 3.81. The lowest BCUT2D eigenvalue weighted by Gasteiger charge is -2.13. The third kappa shape index (κ3) is 2.68. The Bertz CT molecular complexity index is 1800. The standard InChI is InChI=1S/C29H18N4/c1-3-11-19(12-4-1)25-26(20-13-5-2-6-14-20)32-29-27(31-25)21-15-7-8-16-22(21)28-30-23-17-9-10-18-24(23)33(28)29/h1-18H. The van der Waals surface area contributed by atoms with Crippen LogP contribution in [0.15, 0.2) is 109 Å². The zero-order valence-corrected chi connectivity index (χ0v) is 17.7. The van der Waals surface area contributed by atoms with Gasteiger partial charge < -0.3 is 0 Å². The van der Waals surface area contributed by atoms with Crippen molar-refractivity contribution in [2.24, 2.45) is 0 Å². The number of para-hydroxylation sites is 2. The van der Waals surface area contributed by atoms with E-state index in [-0.39, 0.29) is 0 Å². The molecule has 0 spiro atoms. The van der Waals surface area contributed by atoms with Gasteiger partial charge in [-0.2, -0.15) is 0 Å². The Labute approximate surface area is 189 Å². The van der Waals surface area contributed by atoms with Crippen LogP contribution in [0.1, 0.15) is 0 Å². The minimum absolute atomic E-state index is 0.816. The zero-order chi connectivity index (χ0) is 21.8. The fourth-order valence-corrected chi connectivity index (χ4v) is 4.66. The summed E-state index contributed by atoms with van der Waals surface area (Å²) in [5, 5.41) is 2.13. The zero-order valence-electron chi connectivity index (χ0n) is 17.7. The predicted octanol–water partition coefficient (Wildman–Crippen LogP) is 6.92. The molecule has 4 heteroatoms. The summed E-state index contributed by atoms with van der Waals surface area (Å²) < 4.78 is 2.15. The van der Waals surface area contributed by atoms with Crippen LogP contribution in [0.25, 0.3) is 61.1 Å². The lowest BCUT2D eigenvalue weighted by atomic mass is 10.0. The molecule has 0 aliphatic heterocycles. The van der Waals surface area contributed by atoms with Gasteiger partial charge in [0.15, 0.2) is 5.65 Å². The molecule has 154 valence electrons. The SMILES string of the molecule is c1ccc(-c2nc3c4ccccc4c4nc5ccccc5n4c3nc2-c2ccccc2)cc1. The fourth-order valence-electron chi connectivity index (χ4n) is 4.66. The van der Waals surface area contributed by atoms with Gasteiger partial charge >= 0.3 is 0 Å². The Hall–Kier alpha value is -4.57. The van der Waals surface area contributed by atoms with Crippen LogP contribution >= 0.6 is 0 Å². The third-order valence-corrected chi connectivity index (χ3v) is 6.17. The van der Waals surface area contributed by atoms with Crippen molar-refractivity contribution in [2.75, 3.05) is 0 Å². The number of fused-ring (bicyclic) bond motifs is 8. The molecule has 3 aromatic heterocycles. The summed E-state index contributed by atoms with van der Waals surface area (Å²) in [6.07, 6.45) is 0. The van der Waals surface area contributed by atoms with E-state index in [0.717, 1.165) is 61.1 Å². The second-order valence-electron chi connectivity index (χ2n) is 8.13. The van der Waals surface area contributed by atoms with Crippen LogP contribution in [0.5, 0.6) is 0 Å². The van der Waals surface area contributed by atoms with Gasteiger partial charge in [-0.05, 0) is 12.1 Å². The van der Waals surface area contributed by atoms with E-state index >= 15 is 0 Å². The van der Waals surface area contributed by atoms with E-state index in [1.165, 1.54) is 0 Å². The maximum Gasteiger partial charge on any atom is 0.166 e. The van der Waals surface area contributed by atoms with Crippen LogP contribution in [0, 0.1) is 0 Å². The minimum Gasteiger partial charge on any atom is -0.274 e. The van der Waals surface area contributed by atoms with Crippen molar-refractivity contribution in [2.45, 2.75) is 0 Å². The van der Waals surface area contributed by atoms with Gasteiger partial charge in [-0.25, -0.2) is 15.0 Å². The molecule has 7 aromatic rings. The highest BCUT2D eigenvalue weighted by Crippen LogP contribution is 2.35. The highest BCUT2D eigenvalue weighted by molar-refractivity contribution is 6.12. The van der Waals surface area contributed by atoms with Crippen LogP contribution in [-0.2, 0) is 0 Å². The number of aromatic nitrogens is 4. The third-order valence-electron chi connectivity index (χ3n) is 6.17. The minimum atomic E-state index is 0.816. The highest BCUT2D eigenvalue weighted by atomic mass is 15.1. The molecular weight excluding hydrogens is 404 g/mol. The van der Waals surface area contributed by atoms with Gasteiger partial charge in [0.2, 0.25) is 0 Å². The van der Waals surface area contributed by atoms with Crippen LogP contribution in [-0.4, -0.2) is 19.4 Å². The molecule has 33 heavy (non-hydrogen) atoms. The molecule has 0 atom stereocenters. The molecule has 4 nitrogen and oxygen atoms in total. The summed E-state index contributed by atoms with van der Waals surface area (Å²) in [5.74, 6) is 0. The number of hydrogen-bond acceptors (Lipinski definition) is 3. The second kappa shape index (κ2) is 6.97. The van der Waals surface area contributed by atoms with Crippen LogP contribution in [0.2, 0.25) is 0 Å². The molecule has 0 fully saturated rings. The molecule has 0 aliphatic rings. The van der Waals surface area contributed by atoms with Crippen molar-refractivity contribution < 1.29 is 0 Å². The normalized spacial score (nSPS) is 11.6. The van der Waals surface area contributed by atoms with Gasteiger partial charge in [-0.3, -0.25) is 4.40 Å². The number of rotatable bonds is 2. The van der Waals surface area contributed by atoms with Gasteiger partial charge in [-0.1, -0.05) is 97.1 Å². The second-order valence-corrected chi connectivity index (χ2v) is 8.13. The molecule has 0 amide bonds. The van der Waals surface area contributed by atoms with E-state index in [0.29, 0.717) is 0 Å². The van der Waals surface area contributed by atoms with Crippen molar-refractivity contribution >= 4 is 38.6 Å². The van der Waals surface area contributed by atoms with E-state index in [1.54, 1.807) is 0 Å².